The quantitative estimate of drug-likeness (QED) is 0.797. The third-order valence-corrected chi connectivity index (χ3v) is 5.06. The van der Waals surface area contributed by atoms with Crippen LogP contribution < -0.4 is 14.8 Å². The van der Waals surface area contributed by atoms with Gasteiger partial charge in [0.25, 0.3) is 0 Å². The van der Waals surface area contributed by atoms with E-state index in [-0.39, 0.29) is 36.6 Å². The van der Waals surface area contributed by atoms with E-state index in [4.69, 9.17) is 9.47 Å². The Morgan fingerprint density at radius 1 is 1.12 bits per heavy atom. The van der Waals surface area contributed by atoms with Crippen LogP contribution >= 0.6 is 36.2 Å². The SMILES string of the molecule is COc1cc(O)cc(OC)c1[C@@H](c1cccs1)N1CCNCC1.Cl.Cl. The van der Waals surface area contributed by atoms with Crippen LogP contribution in [0.5, 0.6) is 17.2 Å². The largest absolute Gasteiger partial charge is 0.508 e. The summed E-state index contributed by atoms with van der Waals surface area (Å²) in [6.07, 6.45) is 0. The predicted octanol–water partition coefficient (Wildman–Crippen LogP) is 3.31. The summed E-state index contributed by atoms with van der Waals surface area (Å²) in [4.78, 5) is 3.67. The van der Waals surface area contributed by atoms with E-state index in [1.54, 1.807) is 37.7 Å². The molecule has 0 saturated carbocycles. The van der Waals surface area contributed by atoms with Gasteiger partial charge in [-0.15, -0.1) is 36.2 Å². The lowest BCUT2D eigenvalue weighted by Crippen LogP contribution is -2.45. The third-order valence-electron chi connectivity index (χ3n) is 4.13. The average Bonchev–Trinajstić information content (AvgIpc) is 3.11. The van der Waals surface area contributed by atoms with E-state index in [9.17, 15) is 5.11 Å². The van der Waals surface area contributed by atoms with E-state index in [0.717, 1.165) is 31.7 Å². The fourth-order valence-electron chi connectivity index (χ4n) is 3.09. The average molecular weight is 407 g/mol. The molecule has 1 atom stereocenters. The molecule has 140 valence electrons. The molecule has 3 rings (SSSR count). The standard InChI is InChI=1S/C17H22N2O3S.2ClH/c1-21-13-10-12(20)11-14(22-2)16(13)17(15-4-3-9-23-15)19-7-5-18-6-8-19;;/h3-4,9-11,17-18,20H,5-8H2,1-2H3;2*1H/t17-;;/m1../s1. The molecule has 0 bridgehead atoms. The Hall–Kier alpha value is -1.18. The molecule has 0 amide bonds. The van der Waals surface area contributed by atoms with Gasteiger partial charge in [0.05, 0.1) is 25.8 Å². The summed E-state index contributed by atoms with van der Waals surface area (Å²) in [5, 5.41) is 15.4. The van der Waals surface area contributed by atoms with Crippen LogP contribution in [0.25, 0.3) is 0 Å². The number of phenolic OH excluding ortho intramolecular Hbond substituents is 1. The molecule has 8 heteroatoms. The van der Waals surface area contributed by atoms with Crippen molar-refractivity contribution in [3.8, 4) is 17.2 Å². The van der Waals surface area contributed by atoms with Gasteiger partial charge in [-0.1, -0.05) is 6.07 Å². The van der Waals surface area contributed by atoms with Crippen LogP contribution in [0, 0.1) is 0 Å². The summed E-state index contributed by atoms with van der Waals surface area (Å²) in [7, 11) is 3.25. The Morgan fingerprint density at radius 2 is 1.72 bits per heavy atom. The summed E-state index contributed by atoms with van der Waals surface area (Å²) < 4.78 is 11.1. The molecule has 1 saturated heterocycles. The molecule has 2 heterocycles. The number of piperazine rings is 1. The van der Waals surface area contributed by atoms with Gasteiger partial charge in [0, 0.05) is 43.2 Å². The zero-order valence-electron chi connectivity index (χ0n) is 14.2. The molecule has 2 aromatic rings. The predicted molar refractivity (Wildman–Crippen MR) is 106 cm³/mol. The van der Waals surface area contributed by atoms with Crippen LogP contribution in [-0.2, 0) is 0 Å². The van der Waals surface area contributed by atoms with E-state index in [1.807, 2.05) is 0 Å². The second kappa shape index (κ2) is 10.1. The van der Waals surface area contributed by atoms with Crippen molar-refractivity contribution in [2.45, 2.75) is 6.04 Å². The summed E-state index contributed by atoms with van der Waals surface area (Å²) in [6, 6.07) is 7.57. The zero-order chi connectivity index (χ0) is 16.2. The van der Waals surface area contributed by atoms with Gasteiger partial charge in [0.15, 0.2) is 0 Å². The molecule has 1 aromatic heterocycles. The van der Waals surface area contributed by atoms with Crippen LogP contribution in [0.1, 0.15) is 16.5 Å². The zero-order valence-corrected chi connectivity index (χ0v) is 16.7. The molecule has 25 heavy (non-hydrogen) atoms. The van der Waals surface area contributed by atoms with E-state index in [1.165, 1.54) is 4.88 Å². The number of hydrogen-bond donors (Lipinski definition) is 2. The minimum absolute atomic E-state index is 0. The summed E-state index contributed by atoms with van der Waals surface area (Å²) in [6.45, 7) is 3.83. The number of hydrogen-bond acceptors (Lipinski definition) is 6. The highest BCUT2D eigenvalue weighted by Gasteiger charge is 2.30. The van der Waals surface area contributed by atoms with E-state index in [0.29, 0.717) is 11.5 Å². The van der Waals surface area contributed by atoms with Crippen molar-refractivity contribution in [1.82, 2.24) is 10.2 Å². The Kier molecular flexibility index (Phi) is 8.82. The highest BCUT2D eigenvalue weighted by molar-refractivity contribution is 7.10. The number of ether oxygens (including phenoxy) is 2. The summed E-state index contributed by atoms with van der Waals surface area (Å²) >= 11 is 1.73. The van der Waals surface area contributed by atoms with Crippen molar-refractivity contribution in [3.63, 3.8) is 0 Å². The maximum atomic E-state index is 9.92. The number of halogens is 2. The van der Waals surface area contributed by atoms with Gasteiger partial charge >= 0.3 is 0 Å². The minimum Gasteiger partial charge on any atom is -0.508 e. The number of phenols is 1. The van der Waals surface area contributed by atoms with E-state index < -0.39 is 0 Å². The monoisotopic (exact) mass is 406 g/mol. The first kappa shape index (κ1) is 21.9. The van der Waals surface area contributed by atoms with Crippen LogP contribution in [-0.4, -0.2) is 50.4 Å². The molecule has 0 spiro atoms. The number of aromatic hydroxyl groups is 1. The lowest BCUT2D eigenvalue weighted by atomic mass is 10.00. The summed E-state index contributed by atoms with van der Waals surface area (Å²) in [5.41, 5.74) is 0.970. The van der Waals surface area contributed by atoms with Gasteiger partial charge in [-0.2, -0.15) is 0 Å². The second-order valence-electron chi connectivity index (χ2n) is 5.47. The van der Waals surface area contributed by atoms with Gasteiger partial charge in [0.1, 0.15) is 17.2 Å². The van der Waals surface area contributed by atoms with Crippen LogP contribution in [0.4, 0.5) is 0 Å². The summed E-state index contributed by atoms with van der Waals surface area (Å²) in [5.74, 6) is 1.45. The van der Waals surface area contributed by atoms with Gasteiger partial charge in [0.2, 0.25) is 0 Å². The minimum atomic E-state index is 0. The highest BCUT2D eigenvalue weighted by atomic mass is 35.5. The molecular weight excluding hydrogens is 383 g/mol. The van der Waals surface area contributed by atoms with Crippen LogP contribution in [0.3, 0.4) is 0 Å². The van der Waals surface area contributed by atoms with Gasteiger partial charge in [-0.25, -0.2) is 0 Å². The Bertz CT molecular complexity index is 624. The van der Waals surface area contributed by atoms with Crippen molar-refractivity contribution >= 4 is 36.2 Å². The first-order valence-corrected chi connectivity index (χ1v) is 8.55. The topological polar surface area (TPSA) is 54.0 Å². The number of benzene rings is 1. The molecule has 0 aliphatic carbocycles. The number of nitrogens with zero attached hydrogens (tertiary/aromatic N) is 1. The Labute approximate surface area is 164 Å². The normalized spacial score (nSPS) is 15.6. The molecule has 1 aliphatic heterocycles. The molecule has 5 nitrogen and oxygen atoms in total. The molecule has 0 radical (unpaired) electrons. The molecular formula is C17H24Cl2N2O3S. The molecule has 1 fully saturated rings. The molecule has 0 unspecified atom stereocenters. The number of nitrogens with one attached hydrogen (secondary N) is 1. The number of methoxy groups -OCH3 is 2. The van der Waals surface area contributed by atoms with Crippen molar-refractivity contribution in [2.24, 2.45) is 0 Å². The Balaban J connectivity index is 0.00000156. The second-order valence-corrected chi connectivity index (χ2v) is 6.45. The first-order valence-electron chi connectivity index (χ1n) is 7.67. The van der Waals surface area contributed by atoms with Crippen molar-refractivity contribution < 1.29 is 14.6 Å². The first-order chi connectivity index (χ1) is 11.2. The van der Waals surface area contributed by atoms with E-state index in [2.05, 4.69) is 27.7 Å². The number of thiophene rings is 1. The maximum Gasteiger partial charge on any atom is 0.131 e. The lowest BCUT2D eigenvalue weighted by molar-refractivity contribution is 0.194. The highest BCUT2D eigenvalue weighted by Crippen LogP contribution is 2.44. The smallest absolute Gasteiger partial charge is 0.131 e. The van der Waals surface area contributed by atoms with Crippen LogP contribution in [0.15, 0.2) is 29.6 Å². The fraction of sp³-hybridized carbons (Fsp3) is 0.412. The maximum absolute atomic E-state index is 9.92. The number of rotatable bonds is 5. The van der Waals surface area contributed by atoms with Gasteiger partial charge in [-0.3, -0.25) is 4.90 Å². The third kappa shape index (κ3) is 4.71. The van der Waals surface area contributed by atoms with Crippen molar-refractivity contribution in [2.75, 3.05) is 40.4 Å². The van der Waals surface area contributed by atoms with Gasteiger partial charge < -0.3 is 19.9 Å². The molecule has 1 aromatic carbocycles. The van der Waals surface area contributed by atoms with E-state index >= 15 is 0 Å². The van der Waals surface area contributed by atoms with Crippen molar-refractivity contribution in [1.29, 1.82) is 0 Å². The van der Waals surface area contributed by atoms with Crippen molar-refractivity contribution in [3.05, 3.63) is 40.1 Å². The van der Waals surface area contributed by atoms with Crippen LogP contribution in [0.2, 0.25) is 0 Å². The Morgan fingerprint density at radius 3 is 2.20 bits per heavy atom. The fourth-order valence-corrected chi connectivity index (χ4v) is 3.95. The molecule has 2 N–H and O–H groups in total. The lowest BCUT2D eigenvalue weighted by Gasteiger charge is -2.36. The van der Waals surface area contributed by atoms with Gasteiger partial charge in [-0.05, 0) is 11.4 Å². The molecule has 1 aliphatic rings.